The third kappa shape index (κ3) is 9.21. The van der Waals surface area contributed by atoms with Crippen LogP contribution in [0.1, 0.15) is 27.7 Å². The Kier molecular flexibility index (Phi) is 9.66. The van der Waals surface area contributed by atoms with E-state index in [0.717, 1.165) is 19.0 Å². The summed E-state index contributed by atoms with van der Waals surface area (Å²) in [5, 5.41) is 0. The van der Waals surface area contributed by atoms with Crippen LogP contribution >= 0.6 is 12.6 Å². The summed E-state index contributed by atoms with van der Waals surface area (Å²) in [5.41, 5.74) is 0. The van der Waals surface area contributed by atoms with Crippen LogP contribution in [0.15, 0.2) is 0 Å². The second kappa shape index (κ2) is 9.49. The maximum Gasteiger partial charge on any atom is 0.0700 e. The van der Waals surface area contributed by atoms with Crippen LogP contribution in [0.5, 0.6) is 0 Å². The van der Waals surface area contributed by atoms with Crippen molar-refractivity contribution in [1.29, 1.82) is 0 Å². The summed E-state index contributed by atoms with van der Waals surface area (Å²) in [4.78, 5) is 0. The first kappa shape index (κ1) is 15.3. The molecule has 0 heterocycles. The summed E-state index contributed by atoms with van der Waals surface area (Å²) in [7, 11) is 0. The second-order valence-corrected chi connectivity index (χ2v) is 5.10. The fourth-order valence-corrected chi connectivity index (χ4v) is 1.65. The van der Waals surface area contributed by atoms with Gasteiger partial charge in [0.1, 0.15) is 0 Å². The van der Waals surface area contributed by atoms with E-state index in [1.165, 1.54) is 0 Å². The van der Waals surface area contributed by atoms with E-state index in [0.29, 0.717) is 31.0 Å². The molecule has 0 rings (SSSR count). The van der Waals surface area contributed by atoms with Crippen LogP contribution < -0.4 is 0 Å². The van der Waals surface area contributed by atoms with Crippen molar-refractivity contribution in [2.45, 2.75) is 27.7 Å². The molecule has 0 N–H and O–H groups in total. The van der Waals surface area contributed by atoms with Gasteiger partial charge in [0, 0.05) is 6.61 Å². The van der Waals surface area contributed by atoms with E-state index < -0.39 is 0 Å². The molecule has 0 aromatic rings. The molecule has 0 aliphatic heterocycles. The van der Waals surface area contributed by atoms with Gasteiger partial charge >= 0.3 is 0 Å². The summed E-state index contributed by atoms with van der Waals surface area (Å²) < 4.78 is 11.0. The largest absolute Gasteiger partial charge is 0.379 e. The molecule has 15 heavy (non-hydrogen) atoms. The van der Waals surface area contributed by atoms with Crippen molar-refractivity contribution in [1.82, 2.24) is 0 Å². The Balaban J connectivity index is 3.29. The van der Waals surface area contributed by atoms with Gasteiger partial charge in [0.2, 0.25) is 0 Å². The lowest BCUT2D eigenvalue weighted by molar-refractivity contribution is 0.0228. The van der Waals surface area contributed by atoms with Crippen LogP contribution in [-0.4, -0.2) is 32.2 Å². The molecule has 92 valence electrons. The molecule has 0 aliphatic carbocycles. The van der Waals surface area contributed by atoms with E-state index >= 15 is 0 Å². The normalized spacial score (nSPS) is 13.8. The highest BCUT2D eigenvalue weighted by molar-refractivity contribution is 7.80. The molecule has 0 spiro atoms. The van der Waals surface area contributed by atoms with Crippen LogP contribution in [0, 0.1) is 17.8 Å². The van der Waals surface area contributed by atoms with Crippen LogP contribution in [0.3, 0.4) is 0 Å². The average molecular weight is 234 g/mol. The van der Waals surface area contributed by atoms with Crippen molar-refractivity contribution in [2.75, 3.05) is 32.2 Å². The Labute approximate surface area is 100 Å². The first-order valence-corrected chi connectivity index (χ1v) is 6.47. The molecule has 3 heteroatoms. The van der Waals surface area contributed by atoms with E-state index in [4.69, 9.17) is 9.47 Å². The van der Waals surface area contributed by atoms with Crippen molar-refractivity contribution >= 4 is 12.6 Å². The molecule has 0 saturated heterocycles. The Morgan fingerprint density at radius 1 is 0.933 bits per heavy atom. The van der Waals surface area contributed by atoms with E-state index in [2.05, 4.69) is 40.3 Å². The monoisotopic (exact) mass is 234 g/mol. The zero-order valence-corrected chi connectivity index (χ0v) is 11.4. The maximum atomic E-state index is 5.56. The number of thiol groups is 1. The van der Waals surface area contributed by atoms with Crippen molar-refractivity contribution in [2.24, 2.45) is 17.8 Å². The van der Waals surface area contributed by atoms with Crippen molar-refractivity contribution in [3.63, 3.8) is 0 Å². The predicted octanol–water partition coefficient (Wildman–Crippen LogP) is 2.88. The molecule has 0 amide bonds. The van der Waals surface area contributed by atoms with Gasteiger partial charge in [-0.15, -0.1) is 0 Å². The minimum absolute atomic E-state index is 0.554. The molecular weight excluding hydrogens is 208 g/mol. The average Bonchev–Trinajstić information content (AvgIpc) is 2.15. The van der Waals surface area contributed by atoms with Crippen LogP contribution in [-0.2, 0) is 9.47 Å². The molecule has 0 aliphatic rings. The summed E-state index contributed by atoms with van der Waals surface area (Å²) in [5.74, 6) is 2.69. The summed E-state index contributed by atoms with van der Waals surface area (Å²) in [6.45, 7) is 11.7. The molecule has 0 aromatic heterocycles. The summed E-state index contributed by atoms with van der Waals surface area (Å²) in [6, 6.07) is 0. The van der Waals surface area contributed by atoms with Gasteiger partial charge in [-0.05, 0) is 23.5 Å². The predicted molar refractivity (Wildman–Crippen MR) is 68.7 cm³/mol. The number of hydrogen-bond donors (Lipinski definition) is 1. The lowest BCUT2D eigenvalue weighted by Gasteiger charge is -2.18. The Hall–Kier alpha value is 0.270. The molecule has 0 aromatic carbocycles. The van der Waals surface area contributed by atoms with Gasteiger partial charge in [-0.2, -0.15) is 12.6 Å². The zero-order chi connectivity index (χ0) is 11.7. The lowest BCUT2D eigenvalue weighted by Crippen LogP contribution is -2.19. The first-order chi connectivity index (χ1) is 7.07. The smallest absolute Gasteiger partial charge is 0.0700 e. The maximum absolute atomic E-state index is 5.56. The summed E-state index contributed by atoms with van der Waals surface area (Å²) in [6.07, 6.45) is 0. The Bertz CT molecular complexity index is 138. The molecule has 0 saturated carbocycles. The van der Waals surface area contributed by atoms with E-state index in [1.54, 1.807) is 0 Å². The third-order valence-corrected chi connectivity index (χ3v) is 2.80. The van der Waals surface area contributed by atoms with Gasteiger partial charge in [0.05, 0.1) is 19.8 Å². The van der Waals surface area contributed by atoms with Gasteiger partial charge in [-0.25, -0.2) is 0 Å². The topological polar surface area (TPSA) is 18.5 Å². The van der Waals surface area contributed by atoms with Crippen LogP contribution in [0.2, 0.25) is 0 Å². The fraction of sp³-hybridized carbons (Fsp3) is 1.00. The van der Waals surface area contributed by atoms with Crippen LogP contribution in [0.25, 0.3) is 0 Å². The quantitative estimate of drug-likeness (QED) is 0.488. The highest BCUT2D eigenvalue weighted by Gasteiger charge is 2.11. The van der Waals surface area contributed by atoms with Gasteiger partial charge in [-0.3, -0.25) is 0 Å². The number of ether oxygens (including phenoxy) is 2. The Morgan fingerprint density at radius 2 is 1.47 bits per heavy atom. The molecular formula is C12H26O2S. The van der Waals surface area contributed by atoms with Crippen molar-refractivity contribution in [3.05, 3.63) is 0 Å². The number of hydrogen-bond acceptors (Lipinski definition) is 3. The first-order valence-electron chi connectivity index (χ1n) is 5.84. The standard InChI is InChI=1S/C12H26O2S/c1-10(2)7-13-5-6-14-8-12(9-15)11(3)4/h10-12,15H,5-9H2,1-4H3. The van der Waals surface area contributed by atoms with Gasteiger partial charge in [0.25, 0.3) is 0 Å². The summed E-state index contributed by atoms with van der Waals surface area (Å²) >= 11 is 4.31. The second-order valence-electron chi connectivity index (χ2n) is 4.73. The van der Waals surface area contributed by atoms with Crippen LogP contribution in [0.4, 0.5) is 0 Å². The molecule has 0 fully saturated rings. The highest BCUT2D eigenvalue weighted by atomic mass is 32.1. The SMILES string of the molecule is CC(C)COCCOCC(CS)C(C)C. The minimum atomic E-state index is 0.554. The molecule has 0 bridgehead atoms. The third-order valence-electron chi connectivity index (χ3n) is 2.33. The van der Waals surface area contributed by atoms with Gasteiger partial charge < -0.3 is 9.47 Å². The van der Waals surface area contributed by atoms with Crippen molar-refractivity contribution in [3.8, 4) is 0 Å². The highest BCUT2D eigenvalue weighted by Crippen LogP contribution is 2.12. The molecule has 1 atom stereocenters. The van der Waals surface area contributed by atoms with E-state index in [1.807, 2.05) is 0 Å². The van der Waals surface area contributed by atoms with E-state index in [9.17, 15) is 0 Å². The minimum Gasteiger partial charge on any atom is -0.379 e. The van der Waals surface area contributed by atoms with E-state index in [-0.39, 0.29) is 0 Å². The molecule has 2 nitrogen and oxygen atoms in total. The van der Waals surface area contributed by atoms with Crippen molar-refractivity contribution < 1.29 is 9.47 Å². The zero-order valence-electron chi connectivity index (χ0n) is 10.5. The Morgan fingerprint density at radius 3 is 1.87 bits per heavy atom. The van der Waals surface area contributed by atoms with Gasteiger partial charge in [0.15, 0.2) is 0 Å². The van der Waals surface area contributed by atoms with Gasteiger partial charge in [-0.1, -0.05) is 27.7 Å². The number of rotatable bonds is 9. The molecule has 1 unspecified atom stereocenters. The fourth-order valence-electron chi connectivity index (χ4n) is 1.13. The molecule has 0 radical (unpaired) electrons. The lowest BCUT2D eigenvalue weighted by atomic mass is 9.99.